The van der Waals surface area contributed by atoms with Crippen molar-refractivity contribution in [3.8, 4) is 0 Å². The molecule has 0 N–H and O–H groups in total. The van der Waals surface area contributed by atoms with Crippen LogP contribution >= 0.6 is 15.9 Å². The predicted molar refractivity (Wildman–Crippen MR) is 69.6 cm³/mol. The van der Waals surface area contributed by atoms with Crippen LogP contribution in [0, 0.1) is 12.8 Å². The lowest BCUT2D eigenvalue weighted by Crippen LogP contribution is -2.17. The number of aryl methyl sites for hydroxylation is 1. The van der Waals surface area contributed by atoms with E-state index < -0.39 is 0 Å². The molecule has 1 saturated carbocycles. The molecular weight excluding hydrogens is 248 g/mol. The SMILES string of the molecule is Cc1ccc(CC(Br)CC2CCC2)cc1. The number of alkyl halides is 1. The summed E-state index contributed by atoms with van der Waals surface area (Å²) in [6.07, 6.45) is 6.89. The zero-order chi connectivity index (χ0) is 10.7. The van der Waals surface area contributed by atoms with Crippen molar-refractivity contribution in [1.82, 2.24) is 0 Å². The Morgan fingerprint density at radius 3 is 2.47 bits per heavy atom. The van der Waals surface area contributed by atoms with Crippen molar-refractivity contribution in [2.24, 2.45) is 5.92 Å². The molecule has 82 valence electrons. The van der Waals surface area contributed by atoms with Crippen molar-refractivity contribution in [3.63, 3.8) is 0 Å². The summed E-state index contributed by atoms with van der Waals surface area (Å²) in [7, 11) is 0. The van der Waals surface area contributed by atoms with E-state index in [1.165, 1.54) is 43.2 Å². The maximum absolute atomic E-state index is 3.81. The maximum Gasteiger partial charge on any atom is 0.0188 e. The summed E-state index contributed by atoms with van der Waals surface area (Å²) in [6, 6.07) is 8.92. The van der Waals surface area contributed by atoms with Crippen LogP contribution in [-0.2, 0) is 6.42 Å². The number of hydrogen-bond acceptors (Lipinski definition) is 0. The van der Waals surface area contributed by atoms with Gasteiger partial charge in [-0.05, 0) is 31.2 Å². The fourth-order valence-corrected chi connectivity index (χ4v) is 3.06. The van der Waals surface area contributed by atoms with Gasteiger partial charge in [0.2, 0.25) is 0 Å². The summed E-state index contributed by atoms with van der Waals surface area (Å²) in [5.41, 5.74) is 2.81. The zero-order valence-corrected chi connectivity index (χ0v) is 11.0. The third-order valence-electron chi connectivity index (χ3n) is 3.39. The van der Waals surface area contributed by atoms with E-state index in [4.69, 9.17) is 0 Å². The Morgan fingerprint density at radius 2 is 1.93 bits per heavy atom. The molecule has 1 heteroatoms. The molecule has 15 heavy (non-hydrogen) atoms. The van der Waals surface area contributed by atoms with E-state index in [1.54, 1.807) is 0 Å². The highest BCUT2D eigenvalue weighted by molar-refractivity contribution is 9.09. The second kappa shape index (κ2) is 5.16. The Balaban J connectivity index is 1.82. The molecule has 0 aliphatic heterocycles. The first-order valence-corrected chi connectivity index (χ1v) is 6.85. The molecule has 0 spiro atoms. The predicted octanol–water partition coefficient (Wildman–Crippen LogP) is 4.49. The fraction of sp³-hybridized carbons (Fsp3) is 0.571. The summed E-state index contributed by atoms with van der Waals surface area (Å²) >= 11 is 3.81. The monoisotopic (exact) mass is 266 g/mol. The molecule has 1 fully saturated rings. The Hall–Kier alpha value is -0.300. The summed E-state index contributed by atoms with van der Waals surface area (Å²) < 4.78 is 0. The van der Waals surface area contributed by atoms with Gasteiger partial charge in [0.15, 0.2) is 0 Å². The van der Waals surface area contributed by atoms with Crippen LogP contribution in [-0.4, -0.2) is 4.83 Å². The average molecular weight is 267 g/mol. The molecule has 0 amide bonds. The van der Waals surface area contributed by atoms with Crippen LogP contribution < -0.4 is 0 Å². The number of benzene rings is 1. The first kappa shape index (κ1) is 11.2. The van der Waals surface area contributed by atoms with Crippen molar-refractivity contribution < 1.29 is 0 Å². The second-order valence-electron chi connectivity index (χ2n) is 4.82. The normalized spacial score (nSPS) is 18.5. The largest absolute Gasteiger partial charge is 0.0887 e. The quantitative estimate of drug-likeness (QED) is 0.705. The average Bonchev–Trinajstić information content (AvgIpc) is 2.16. The smallest absolute Gasteiger partial charge is 0.0188 e. The standard InChI is InChI=1S/C14H19Br/c1-11-5-7-13(8-6-11)10-14(15)9-12-3-2-4-12/h5-8,12,14H,2-4,9-10H2,1H3. The van der Waals surface area contributed by atoms with E-state index in [9.17, 15) is 0 Å². The van der Waals surface area contributed by atoms with Crippen LogP contribution in [0.2, 0.25) is 0 Å². The van der Waals surface area contributed by atoms with Crippen molar-refractivity contribution in [3.05, 3.63) is 35.4 Å². The first-order valence-electron chi connectivity index (χ1n) is 5.93. The van der Waals surface area contributed by atoms with Crippen molar-refractivity contribution in [1.29, 1.82) is 0 Å². The molecule has 1 aliphatic rings. The van der Waals surface area contributed by atoms with Crippen LogP contribution in [0.4, 0.5) is 0 Å². The van der Waals surface area contributed by atoms with E-state index in [2.05, 4.69) is 47.1 Å². The minimum absolute atomic E-state index is 0.672. The highest BCUT2D eigenvalue weighted by atomic mass is 79.9. The molecule has 0 nitrogen and oxygen atoms in total. The molecule has 2 rings (SSSR count). The van der Waals surface area contributed by atoms with Gasteiger partial charge in [0.25, 0.3) is 0 Å². The Morgan fingerprint density at radius 1 is 1.27 bits per heavy atom. The molecule has 1 aromatic carbocycles. The van der Waals surface area contributed by atoms with Crippen LogP contribution in [0.25, 0.3) is 0 Å². The first-order chi connectivity index (χ1) is 7.24. The molecular formula is C14H19Br. The third-order valence-corrected chi connectivity index (χ3v) is 4.09. The fourth-order valence-electron chi connectivity index (χ4n) is 2.15. The van der Waals surface area contributed by atoms with Gasteiger partial charge in [-0.1, -0.05) is 65.0 Å². The van der Waals surface area contributed by atoms with Gasteiger partial charge in [0.1, 0.15) is 0 Å². The van der Waals surface area contributed by atoms with Crippen molar-refractivity contribution >= 4 is 15.9 Å². The summed E-state index contributed by atoms with van der Waals surface area (Å²) in [4.78, 5) is 0.672. The van der Waals surface area contributed by atoms with Crippen molar-refractivity contribution in [2.45, 2.75) is 43.9 Å². The summed E-state index contributed by atoms with van der Waals surface area (Å²) in [5.74, 6) is 1.000. The van der Waals surface area contributed by atoms with Crippen LogP contribution in [0.3, 0.4) is 0 Å². The summed E-state index contributed by atoms with van der Waals surface area (Å²) in [6.45, 7) is 2.14. The second-order valence-corrected chi connectivity index (χ2v) is 6.11. The lowest BCUT2D eigenvalue weighted by Gasteiger charge is -2.27. The van der Waals surface area contributed by atoms with Gasteiger partial charge < -0.3 is 0 Å². The minimum atomic E-state index is 0.672. The molecule has 0 radical (unpaired) electrons. The van der Waals surface area contributed by atoms with Gasteiger partial charge >= 0.3 is 0 Å². The molecule has 0 bridgehead atoms. The van der Waals surface area contributed by atoms with Gasteiger partial charge in [-0.3, -0.25) is 0 Å². The summed E-state index contributed by atoms with van der Waals surface area (Å²) in [5, 5.41) is 0. The highest BCUT2D eigenvalue weighted by Crippen LogP contribution is 2.33. The molecule has 1 atom stereocenters. The number of rotatable bonds is 4. The Labute approximate surface area is 101 Å². The third kappa shape index (κ3) is 3.34. The van der Waals surface area contributed by atoms with Crippen LogP contribution in [0.15, 0.2) is 24.3 Å². The van der Waals surface area contributed by atoms with E-state index >= 15 is 0 Å². The van der Waals surface area contributed by atoms with Gasteiger partial charge in [-0.2, -0.15) is 0 Å². The molecule has 0 saturated heterocycles. The topological polar surface area (TPSA) is 0 Å². The molecule has 1 aromatic rings. The molecule has 1 aliphatic carbocycles. The van der Waals surface area contributed by atoms with E-state index in [0.717, 1.165) is 5.92 Å². The molecule has 1 unspecified atom stereocenters. The lowest BCUT2D eigenvalue weighted by atomic mass is 9.81. The lowest BCUT2D eigenvalue weighted by molar-refractivity contribution is 0.294. The van der Waals surface area contributed by atoms with Crippen molar-refractivity contribution in [2.75, 3.05) is 0 Å². The Bertz CT molecular complexity index is 298. The van der Waals surface area contributed by atoms with E-state index in [-0.39, 0.29) is 0 Å². The highest BCUT2D eigenvalue weighted by Gasteiger charge is 2.20. The van der Waals surface area contributed by atoms with E-state index in [1.807, 2.05) is 0 Å². The van der Waals surface area contributed by atoms with Gasteiger partial charge in [0.05, 0.1) is 0 Å². The maximum atomic E-state index is 3.81. The number of halogens is 1. The Kier molecular flexibility index (Phi) is 3.85. The van der Waals surface area contributed by atoms with Crippen LogP contribution in [0.1, 0.15) is 36.8 Å². The number of hydrogen-bond donors (Lipinski definition) is 0. The zero-order valence-electron chi connectivity index (χ0n) is 9.38. The minimum Gasteiger partial charge on any atom is -0.0887 e. The molecule has 0 aromatic heterocycles. The van der Waals surface area contributed by atoms with Gasteiger partial charge in [0, 0.05) is 4.83 Å². The van der Waals surface area contributed by atoms with E-state index in [0.29, 0.717) is 4.83 Å². The van der Waals surface area contributed by atoms with Gasteiger partial charge in [-0.25, -0.2) is 0 Å². The van der Waals surface area contributed by atoms with Crippen LogP contribution in [0.5, 0.6) is 0 Å². The molecule has 0 heterocycles. The van der Waals surface area contributed by atoms with Gasteiger partial charge in [-0.15, -0.1) is 0 Å².